The number of aryl methyl sites for hydroxylation is 1. The number of nitrogens with one attached hydrogen (secondary N) is 1. The van der Waals surface area contributed by atoms with Gasteiger partial charge >= 0.3 is 6.18 Å². The first-order valence-electron chi connectivity index (χ1n) is 8.96. The summed E-state index contributed by atoms with van der Waals surface area (Å²) in [6.07, 6.45) is -0.468. The minimum absolute atomic E-state index is 0.105. The number of hydrogen-bond acceptors (Lipinski definition) is 2. The van der Waals surface area contributed by atoms with E-state index in [9.17, 15) is 18.0 Å². The number of benzene rings is 1. The molecule has 4 rings (SSSR count). The van der Waals surface area contributed by atoms with Crippen molar-refractivity contribution in [2.75, 3.05) is 13.1 Å². The Balaban J connectivity index is 1.47. The number of piperidine rings is 1. The first-order chi connectivity index (χ1) is 12.4. The molecule has 0 unspecified atom stereocenters. The Labute approximate surface area is 149 Å². The van der Waals surface area contributed by atoms with Crippen LogP contribution in [0.4, 0.5) is 13.2 Å². The van der Waals surface area contributed by atoms with Crippen molar-refractivity contribution in [1.29, 1.82) is 0 Å². The summed E-state index contributed by atoms with van der Waals surface area (Å²) < 4.78 is 39.7. The summed E-state index contributed by atoms with van der Waals surface area (Å²) in [7, 11) is 0. The topological polar surface area (TPSA) is 49.0 Å². The highest BCUT2D eigenvalue weighted by Crippen LogP contribution is 2.38. The summed E-state index contributed by atoms with van der Waals surface area (Å²) in [6, 6.07) is 5.77. The van der Waals surface area contributed by atoms with E-state index in [2.05, 4.69) is 10.2 Å². The van der Waals surface area contributed by atoms with Gasteiger partial charge in [0.15, 0.2) is 5.69 Å². The number of amides is 1. The van der Waals surface area contributed by atoms with Crippen LogP contribution in [0.2, 0.25) is 0 Å². The number of halogens is 3. The van der Waals surface area contributed by atoms with E-state index in [0.29, 0.717) is 37.2 Å². The first kappa shape index (κ1) is 17.1. The average Bonchev–Trinajstić information content (AvgIpc) is 3.24. The summed E-state index contributed by atoms with van der Waals surface area (Å²) in [5.41, 5.74) is 2.33. The van der Waals surface area contributed by atoms with Gasteiger partial charge in [-0.3, -0.25) is 9.89 Å². The molecule has 4 nitrogen and oxygen atoms in total. The van der Waals surface area contributed by atoms with Crippen molar-refractivity contribution in [2.24, 2.45) is 0 Å². The Morgan fingerprint density at radius 1 is 1.15 bits per heavy atom. The van der Waals surface area contributed by atoms with Gasteiger partial charge in [-0.25, -0.2) is 0 Å². The standard InChI is InChI=1S/C19H20F3N3O/c20-19(21,22)15-6-2-1-4-13(15)12-8-10-25(11-9-12)18(26)17-14-5-3-7-16(14)23-24-17/h1-2,4,6,12H,3,5,7-11H2,(H,23,24). The van der Waals surface area contributed by atoms with Crippen LogP contribution in [0.15, 0.2) is 24.3 Å². The number of aromatic nitrogens is 2. The Hall–Kier alpha value is -2.31. The molecule has 1 N–H and O–H groups in total. The predicted octanol–water partition coefficient (Wildman–Crippen LogP) is 3.94. The fourth-order valence-electron chi connectivity index (χ4n) is 4.15. The third-order valence-electron chi connectivity index (χ3n) is 5.50. The SMILES string of the molecule is O=C(c1n[nH]c2c1CCC2)N1CCC(c2ccccc2C(F)(F)F)CC1. The second-order valence-corrected chi connectivity index (χ2v) is 7.03. The number of aromatic amines is 1. The Morgan fingerprint density at radius 2 is 1.88 bits per heavy atom. The van der Waals surface area contributed by atoms with E-state index in [0.717, 1.165) is 36.6 Å². The van der Waals surface area contributed by atoms with Crippen molar-refractivity contribution in [3.05, 3.63) is 52.3 Å². The molecule has 138 valence electrons. The van der Waals surface area contributed by atoms with Crippen LogP contribution in [0.3, 0.4) is 0 Å². The molecule has 7 heteroatoms. The number of hydrogen-bond donors (Lipinski definition) is 1. The summed E-state index contributed by atoms with van der Waals surface area (Å²) in [6.45, 7) is 0.911. The zero-order valence-electron chi connectivity index (χ0n) is 14.3. The van der Waals surface area contributed by atoms with Gasteiger partial charge in [0.25, 0.3) is 5.91 Å². The molecule has 0 spiro atoms. The number of rotatable bonds is 2. The van der Waals surface area contributed by atoms with Crippen molar-refractivity contribution in [3.8, 4) is 0 Å². The molecule has 1 fully saturated rings. The fraction of sp³-hybridized carbons (Fsp3) is 0.474. The lowest BCUT2D eigenvalue weighted by Crippen LogP contribution is -2.38. The van der Waals surface area contributed by atoms with Crippen LogP contribution >= 0.6 is 0 Å². The smallest absolute Gasteiger partial charge is 0.337 e. The summed E-state index contributed by atoms with van der Waals surface area (Å²) in [4.78, 5) is 14.5. The van der Waals surface area contributed by atoms with Crippen LogP contribution in [0.1, 0.15) is 58.1 Å². The van der Waals surface area contributed by atoms with Crippen molar-refractivity contribution < 1.29 is 18.0 Å². The lowest BCUT2D eigenvalue weighted by molar-refractivity contribution is -0.138. The zero-order valence-corrected chi connectivity index (χ0v) is 14.3. The largest absolute Gasteiger partial charge is 0.416 e. The van der Waals surface area contributed by atoms with Gasteiger partial charge in [-0.15, -0.1) is 0 Å². The molecular weight excluding hydrogens is 343 g/mol. The molecule has 2 heterocycles. The lowest BCUT2D eigenvalue weighted by Gasteiger charge is -2.33. The molecule has 1 aromatic carbocycles. The maximum Gasteiger partial charge on any atom is 0.416 e. The van der Waals surface area contributed by atoms with Gasteiger partial charge in [-0.2, -0.15) is 18.3 Å². The van der Waals surface area contributed by atoms with E-state index in [1.807, 2.05) is 0 Å². The van der Waals surface area contributed by atoms with Gasteiger partial charge in [0.05, 0.1) is 5.56 Å². The van der Waals surface area contributed by atoms with Crippen LogP contribution in [0.5, 0.6) is 0 Å². The van der Waals surface area contributed by atoms with Crippen LogP contribution < -0.4 is 0 Å². The van der Waals surface area contributed by atoms with Crippen LogP contribution in [0.25, 0.3) is 0 Å². The monoisotopic (exact) mass is 363 g/mol. The summed E-state index contributed by atoms with van der Waals surface area (Å²) >= 11 is 0. The van der Waals surface area contributed by atoms with Gasteiger partial charge < -0.3 is 4.90 Å². The van der Waals surface area contributed by atoms with Crippen molar-refractivity contribution >= 4 is 5.91 Å². The molecule has 1 amide bonds. The molecule has 26 heavy (non-hydrogen) atoms. The molecule has 0 saturated carbocycles. The number of nitrogens with zero attached hydrogens (tertiary/aromatic N) is 2. The van der Waals surface area contributed by atoms with E-state index in [1.54, 1.807) is 17.0 Å². The highest BCUT2D eigenvalue weighted by atomic mass is 19.4. The summed E-state index contributed by atoms with van der Waals surface area (Å²) in [5.74, 6) is -0.284. The van der Waals surface area contributed by atoms with E-state index in [-0.39, 0.29) is 11.8 Å². The maximum atomic E-state index is 13.2. The normalized spacial score (nSPS) is 18.2. The summed E-state index contributed by atoms with van der Waals surface area (Å²) in [5, 5.41) is 7.11. The number of carbonyl (C=O) groups excluding carboxylic acids is 1. The van der Waals surface area contributed by atoms with Crippen molar-refractivity contribution in [3.63, 3.8) is 0 Å². The molecule has 1 aliphatic heterocycles. The van der Waals surface area contributed by atoms with Crippen LogP contribution in [0, 0.1) is 0 Å². The van der Waals surface area contributed by atoms with E-state index in [1.165, 1.54) is 6.07 Å². The zero-order chi connectivity index (χ0) is 18.3. The van der Waals surface area contributed by atoms with E-state index < -0.39 is 11.7 Å². The first-order valence-corrected chi connectivity index (χ1v) is 8.96. The van der Waals surface area contributed by atoms with Gasteiger partial charge in [-0.1, -0.05) is 18.2 Å². The Kier molecular flexibility index (Phi) is 4.25. The van der Waals surface area contributed by atoms with Crippen molar-refractivity contribution in [2.45, 2.75) is 44.2 Å². The van der Waals surface area contributed by atoms with Gasteiger partial charge in [-0.05, 0) is 49.7 Å². The number of carbonyl (C=O) groups is 1. The third kappa shape index (κ3) is 2.99. The number of fused-ring (bicyclic) bond motifs is 1. The Bertz CT molecular complexity index is 820. The molecule has 1 aromatic heterocycles. The Morgan fingerprint density at radius 3 is 2.62 bits per heavy atom. The van der Waals surface area contributed by atoms with E-state index in [4.69, 9.17) is 0 Å². The molecule has 0 bridgehead atoms. The van der Waals surface area contributed by atoms with Gasteiger partial charge in [0.1, 0.15) is 0 Å². The van der Waals surface area contributed by atoms with Crippen molar-refractivity contribution in [1.82, 2.24) is 15.1 Å². The molecule has 1 aliphatic carbocycles. The lowest BCUT2D eigenvalue weighted by atomic mass is 9.86. The highest BCUT2D eigenvalue weighted by Gasteiger charge is 2.36. The quantitative estimate of drug-likeness (QED) is 0.879. The number of H-pyrrole nitrogens is 1. The molecule has 0 radical (unpaired) electrons. The minimum Gasteiger partial charge on any atom is -0.337 e. The van der Waals surface area contributed by atoms with Gasteiger partial charge in [0.2, 0.25) is 0 Å². The second kappa shape index (κ2) is 6.45. The minimum atomic E-state index is -4.35. The molecule has 1 saturated heterocycles. The number of likely N-dealkylation sites (tertiary alicyclic amines) is 1. The predicted molar refractivity (Wildman–Crippen MR) is 89.9 cm³/mol. The molecule has 0 atom stereocenters. The maximum absolute atomic E-state index is 13.2. The molecule has 2 aromatic rings. The fourth-order valence-corrected chi connectivity index (χ4v) is 4.15. The second-order valence-electron chi connectivity index (χ2n) is 7.03. The number of alkyl halides is 3. The molecule has 2 aliphatic rings. The van der Waals surface area contributed by atoms with E-state index >= 15 is 0 Å². The van der Waals surface area contributed by atoms with Gasteiger partial charge in [0, 0.05) is 24.3 Å². The average molecular weight is 363 g/mol. The van der Waals surface area contributed by atoms with Crippen LogP contribution in [-0.2, 0) is 19.0 Å². The van der Waals surface area contributed by atoms with Crippen LogP contribution in [-0.4, -0.2) is 34.1 Å². The highest BCUT2D eigenvalue weighted by molar-refractivity contribution is 5.94. The molecular formula is C19H20F3N3O. The third-order valence-corrected chi connectivity index (χ3v) is 5.50.